The Bertz CT molecular complexity index is 1440. The summed E-state index contributed by atoms with van der Waals surface area (Å²) < 4.78 is 11.8. The van der Waals surface area contributed by atoms with Crippen molar-refractivity contribution in [3.8, 4) is 11.3 Å². The standard InChI is InChI=1S/C24H17ClN2O5S/c1-12-3-8-15-18(11-12)33-24(26-15)27-20(19(23(30)31-2)21(28)22(27)29)17-10-9-16(32-17)13-4-6-14(25)7-5-13/h3-11,20,28H,1-2H3. The minimum atomic E-state index is -1.03. The molecule has 1 unspecified atom stereocenters. The summed E-state index contributed by atoms with van der Waals surface area (Å²) >= 11 is 7.26. The second-order valence-corrected chi connectivity index (χ2v) is 8.95. The highest BCUT2D eigenvalue weighted by Crippen LogP contribution is 2.44. The number of nitrogens with zero attached hydrogens (tertiary/aromatic N) is 2. The van der Waals surface area contributed by atoms with Gasteiger partial charge in [0.2, 0.25) is 0 Å². The van der Waals surface area contributed by atoms with Crippen molar-refractivity contribution in [1.82, 2.24) is 4.98 Å². The Labute approximate surface area is 197 Å². The Morgan fingerprint density at radius 3 is 2.67 bits per heavy atom. The van der Waals surface area contributed by atoms with E-state index in [2.05, 4.69) is 4.98 Å². The van der Waals surface area contributed by atoms with Gasteiger partial charge in [-0.2, -0.15) is 0 Å². The Kier molecular flexibility index (Phi) is 5.19. The molecule has 166 valence electrons. The minimum Gasteiger partial charge on any atom is -0.503 e. The lowest BCUT2D eigenvalue weighted by molar-refractivity contribution is -0.136. The third-order valence-electron chi connectivity index (χ3n) is 5.38. The summed E-state index contributed by atoms with van der Waals surface area (Å²) in [5.41, 5.74) is 2.33. The molecule has 1 aliphatic rings. The molecule has 1 amide bonds. The van der Waals surface area contributed by atoms with Gasteiger partial charge in [0.15, 0.2) is 10.9 Å². The molecule has 0 spiro atoms. The first kappa shape index (κ1) is 21.2. The van der Waals surface area contributed by atoms with Crippen molar-refractivity contribution in [2.75, 3.05) is 12.0 Å². The van der Waals surface area contributed by atoms with Crippen LogP contribution in [0.25, 0.3) is 21.5 Å². The van der Waals surface area contributed by atoms with Crippen LogP contribution in [0.4, 0.5) is 5.13 Å². The molecule has 2 aromatic heterocycles. The van der Waals surface area contributed by atoms with Crippen LogP contribution < -0.4 is 4.90 Å². The van der Waals surface area contributed by atoms with Crippen molar-refractivity contribution in [3.05, 3.63) is 82.3 Å². The fourth-order valence-corrected chi connectivity index (χ4v) is 5.00. The van der Waals surface area contributed by atoms with E-state index < -0.39 is 23.7 Å². The number of furan rings is 1. The fraction of sp³-hybridized carbons (Fsp3) is 0.125. The Morgan fingerprint density at radius 2 is 1.94 bits per heavy atom. The van der Waals surface area contributed by atoms with Crippen molar-refractivity contribution < 1.29 is 23.8 Å². The van der Waals surface area contributed by atoms with Crippen molar-refractivity contribution in [3.63, 3.8) is 0 Å². The average Bonchev–Trinajstić information content (AvgIpc) is 3.50. The number of esters is 1. The van der Waals surface area contributed by atoms with Gasteiger partial charge in [-0.3, -0.25) is 9.69 Å². The number of aryl methyl sites for hydroxylation is 1. The summed E-state index contributed by atoms with van der Waals surface area (Å²) in [5.74, 6) is -1.46. The number of anilines is 1. The fourth-order valence-electron chi connectivity index (χ4n) is 3.78. The number of methoxy groups -OCH3 is 1. The zero-order valence-electron chi connectivity index (χ0n) is 17.5. The summed E-state index contributed by atoms with van der Waals surface area (Å²) in [7, 11) is 1.19. The van der Waals surface area contributed by atoms with E-state index in [4.69, 9.17) is 20.8 Å². The summed E-state index contributed by atoms with van der Waals surface area (Å²) in [5, 5.41) is 11.5. The van der Waals surface area contributed by atoms with Gasteiger partial charge in [0.05, 0.1) is 17.3 Å². The van der Waals surface area contributed by atoms with Crippen molar-refractivity contribution in [1.29, 1.82) is 0 Å². The molecule has 0 saturated heterocycles. The topological polar surface area (TPSA) is 92.9 Å². The lowest BCUT2D eigenvalue weighted by atomic mass is 10.1. The van der Waals surface area contributed by atoms with Gasteiger partial charge in [-0.05, 0) is 61.0 Å². The third-order valence-corrected chi connectivity index (χ3v) is 6.65. The molecule has 1 aliphatic heterocycles. The quantitative estimate of drug-likeness (QED) is 0.383. The first-order valence-corrected chi connectivity index (χ1v) is 11.1. The molecule has 0 aliphatic carbocycles. The molecule has 1 N–H and O–H groups in total. The van der Waals surface area contributed by atoms with Crippen molar-refractivity contribution in [2.45, 2.75) is 13.0 Å². The normalized spacial score (nSPS) is 16.2. The van der Waals surface area contributed by atoms with Gasteiger partial charge in [-0.15, -0.1) is 0 Å². The first-order valence-electron chi connectivity index (χ1n) is 9.95. The monoisotopic (exact) mass is 480 g/mol. The molecule has 1 atom stereocenters. The van der Waals surface area contributed by atoms with Crippen molar-refractivity contribution in [2.24, 2.45) is 0 Å². The van der Waals surface area contributed by atoms with E-state index >= 15 is 0 Å². The van der Waals surface area contributed by atoms with Gasteiger partial charge in [-0.1, -0.05) is 29.0 Å². The third kappa shape index (κ3) is 3.57. The van der Waals surface area contributed by atoms with Gasteiger partial charge < -0.3 is 14.3 Å². The van der Waals surface area contributed by atoms with Gasteiger partial charge in [0.1, 0.15) is 23.1 Å². The van der Waals surface area contributed by atoms with E-state index in [0.717, 1.165) is 15.8 Å². The molecule has 0 radical (unpaired) electrons. The molecule has 9 heteroatoms. The summed E-state index contributed by atoms with van der Waals surface area (Å²) in [6.07, 6.45) is 0. The van der Waals surface area contributed by atoms with Gasteiger partial charge in [-0.25, -0.2) is 9.78 Å². The number of thiazole rings is 1. The van der Waals surface area contributed by atoms with Crippen LogP contribution in [0.2, 0.25) is 5.02 Å². The lowest BCUT2D eigenvalue weighted by Crippen LogP contribution is -2.30. The average molecular weight is 481 g/mol. The van der Waals surface area contributed by atoms with Crippen LogP contribution >= 0.6 is 22.9 Å². The van der Waals surface area contributed by atoms with E-state index in [1.807, 2.05) is 25.1 Å². The number of rotatable bonds is 4. The molecule has 2 aromatic carbocycles. The predicted octanol–water partition coefficient (Wildman–Crippen LogP) is 5.59. The smallest absolute Gasteiger partial charge is 0.340 e. The number of hydrogen-bond acceptors (Lipinski definition) is 7. The molecule has 0 bridgehead atoms. The molecule has 0 saturated carbocycles. The summed E-state index contributed by atoms with van der Waals surface area (Å²) in [6.45, 7) is 1.96. The first-order chi connectivity index (χ1) is 15.9. The van der Waals surface area contributed by atoms with Gasteiger partial charge in [0, 0.05) is 10.6 Å². The van der Waals surface area contributed by atoms with E-state index in [-0.39, 0.29) is 11.3 Å². The largest absolute Gasteiger partial charge is 0.503 e. The summed E-state index contributed by atoms with van der Waals surface area (Å²) in [6, 6.07) is 15.2. The number of fused-ring (bicyclic) bond motifs is 1. The maximum absolute atomic E-state index is 13.1. The highest BCUT2D eigenvalue weighted by molar-refractivity contribution is 7.22. The number of hydrogen-bond donors (Lipinski definition) is 1. The number of aliphatic hydroxyl groups is 1. The number of aromatic nitrogens is 1. The summed E-state index contributed by atoms with van der Waals surface area (Å²) in [4.78, 5) is 31.5. The van der Waals surface area contributed by atoms with Crippen LogP contribution in [0, 0.1) is 6.92 Å². The number of carbonyl (C=O) groups is 2. The number of benzene rings is 2. The predicted molar refractivity (Wildman–Crippen MR) is 125 cm³/mol. The lowest BCUT2D eigenvalue weighted by Gasteiger charge is -2.21. The van der Waals surface area contributed by atoms with Crippen LogP contribution in [0.1, 0.15) is 17.4 Å². The zero-order chi connectivity index (χ0) is 23.3. The molecule has 3 heterocycles. The Hall–Kier alpha value is -3.62. The SMILES string of the molecule is COC(=O)C1=C(O)C(=O)N(c2nc3ccc(C)cc3s2)C1c1ccc(-c2ccc(Cl)cc2)o1. The second-order valence-electron chi connectivity index (χ2n) is 7.51. The van der Waals surface area contributed by atoms with Gasteiger partial charge in [0.25, 0.3) is 5.91 Å². The van der Waals surface area contributed by atoms with Crippen LogP contribution in [-0.4, -0.2) is 29.1 Å². The number of halogens is 1. The van der Waals surface area contributed by atoms with Gasteiger partial charge >= 0.3 is 5.97 Å². The molecule has 4 aromatic rings. The Morgan fingerprint density at radius 1 is 1.18 bits per heavy atom. The maximum Gasteiger partial charge on any atom is 0.340 e. The van der Waals surface area contributed by atoms with E-state index in [1.165, 1.54) is 23.3 Å². The van der Waals surface area contributed by atoms with Crippen LogP contribution in [0.3, 0.4) is 0 Å². The highest BCUT2D eigenvalue weighted by Gasteiger charge is 2.48. The molecular weight excluding hydrogens is 464 g/mol. The number of amides is 1. The van der Waals surface area contributed by atoms with Crippen LogP contribution in [-0.2, 0) is 14.3 Å². The van der Waals surface area contributed by atoms with E-state index in [9.17, 15) is 14.7 Å². The molecule has 5 rings (SSSR count). The Balaban J connectivity index is 1.63. The molecule has 33 heavy (non-hydrogen) atoms. The molecule has 0 fully saturated rings. The minimum absolute atomic E-state index is 0.199. The van der Waals surface area contributed by atoms with Crippen LogP contribution in [0.5, 0.6) is 0 Å². The van der Waals surface area contributed by atoms with E-state index in [0.29, 0.717) is 21.4 Å². The number of aliphatic hydroxyl groups excluding tert-OH is 1. The molecular formula is C24H17ClN2O5S. The number of carbonyl (C=O) groups excluding carboxylic acids is 2. The molecule has 7 nitrogen and oxygen atoms in total. The highest BCUT2D eigenvalue weighted by atomic mass is 35.5. The van der Waals surface area contributed by atoms with Crippen LogP contribution in [0.15, 0.2) is 70.3 Å². The zero-order valence-corrected chi connectivity index (χ0v) is 19.1. The maximum atomic E-state index is 13.1. The van der Waals surface area contributed by atoms with E-state index in [1.54, 1.807) is 36.4 Å². The second kappa shape index (κ2) is 8.06. The van der Waals surface area contributed by atoms with Crippen molar-refractivity contribution >= 4 is 50.2 Å². The number of ether oxygens (including phenoxy) is 1.